The number of piperidine rings is 1. The smallest absolute Gasteiger partial charge is 0.122 e. The van der Waals surface area contributed by atoms with Gasteiger partial charge in [0.05, 0.1) is 17.6 Å². The summed E-state index contributed by atoms with van der Waals surface area (Å²) in [7, 11) is 1.77. The van der Waals surface area contributed by atoms with E-state index in [1.165, 1.54) is 12.8 Å². The van der Waals surface area contributed by atoms with E-state index in [1.807, 2.05) is 18.3 Å². The lowest BCUT2D eigenvalue weighted by Gasteiger charge is -2.33. The number of ether oxygens (including phenoxy) is 1. The molecule has 0 saturated carbocycles. The van der Waals surface area contributed by atoms with Gasteiger partial charge in [0.25, 0.3) is 0 Å². The summed E-state index contributed by atoms with van der Waals surface area (Å²) in [6.45, 7) is 2.98. The van der Waals surface area contributed by atoms with Gasteiger partial charge < -0.3 is 15.4 Å². The van der Waals surface area contributed by atoms with E-state index in [0.29, 0.717) is 16.6 Å². The molecule has 1 saturated heterocycles. The van der Waals surface area contributed by atoms with E-state index in [-0.39, 0.29) is 0 Å². The highest BCUT2D eigenvalue weighted by atomic mass is 32.1. The van der Waals surface area contributed by atoms with E-state index in [4.69, 9.17) is 22.7 Å². The molecule has 18 heavy (non-hydrogen) atoms. The molecule has 0 radical (unpaired) electrons. The van der Waals surface area contributed by atoms with Crippen molar-refractivity contribution in [1.82, 2.24) is 4.98 Å². The zero-order chi connectivity index (χ0) is 13.0. The molecule has 4 nitrogen and oxygen atoms in total. The molecule has 0 aromatic carbocycles. The second-order valence-electron chi connectivity index (χ2n) is 4.65. The van der Waals surface area contributed by atoms with Crippen LogP contribution in [0.25, 0.3) is 0 Å². The molecule has 1 aliphatic rings. The van der Waals surface area contributed by atoms with Gasteiger partial charge in [0.1, 0.15) is 4.99 Å². The number of nitrogens with zero attached hydrogens (tertiary/aromatic N) is 2. The van der Waals surface area contributed by atoms with Gasteiger partial charge in [-0.2, -0.15) is 0 Å². The topological polar surface area (TPSA) is 51.4 Å². The van der Waals surface area contributed by atoms with E-state index in [2.05, 4.69) is 9.88 Å². The van der Waals surface area contributed by atoms with Crippen LogP contribution in [-0.2, 0) is 4.74 Å². The van der Waals surface area contributed by atoms with Crippen LogP contribution in [-0.4, -0.2) is 36.8 Å². The third-order valence-corrected chi connectivity index (χ3v) is 3.59. The Morgan fingerprint density at radius 1 is 1.50 bits per heavy atom. The highest BCUT2D eigenvalue weighted by Crippen LogP contribution is 2.22. The van der Waals surface area contributed by atoms with E-state index in [9.17, 15) is 0 Å². The normalized spacial score (nSPS) is 16.8. The molecular weight excluding hydrogens is 246 g/mol. The summed E-state index contributed by atoms with van der Waals surface area (Å²) in [6.07, 6.45) is 4.20. The lowest BCUT2D eigenvalue weighted by molar-refractivity contribution is 0.139. The zero-order valence-electron chi connectivity index (χ0n) is 10.6. The predicted octanol–water partition coefficient (Wildman–Crippen LogP) is 1.58. The minimum atomic E-state index is 0.348. The largest absolute Gasteiger partial charge is 0.388 e. The number of aromatic nitrogens is 1. The van der Waals surface area contributed by atoms with Crippen molar-refractivity contribution >= 4 is 22.9 Å². The molecule has 1 aromatic heterocycles. The highest BCUT2D eigenvalue weighted by molar-refractivity contribution is 7.80. The van der Waals surface area contributed by atoms with Crippen LogP contribution in [0.15, 0.2) is 18.3 Å². The Morgan fingerprint density at radius 2 is 2.22 bits per heavy atom. The Kier molecular flexibility index (Phi) is 4.49. The van der Waals surface area contributed by atoms with Crippen molar-refractivity contribution in [1.29, 1.82) is 0 Å². The maximum absolute atomic E-state index is 5.54. The van der Waals surface area contributed by atoms with Crippen LogP contribution < -0.4 is 10.6 Å². The molecule has 2 rings (SSSR count). The van der Waals surface area contributed by atoms with Crippen molar-refractivity contribution in [3.05, 3.63) is 24.0 Å². The SMILES string of the molecule is COCC1CCN(c2ccc(C(N)=S)nc2)CC1. The van der Waals surface area contributed by atoms with E-state index < -0.39 is 0 Å². The van der Waals surface area contributed by atoms with Gasteiger partial charge in [-0.1, -0.05) is 12.2 Å². The first-order chi connectivity index (χ1) is 8.70. The summed E-state index contributed by atoms with van der Waals surface area (Å²) in [5.41, 5.74) is 7.36. The Hall–Kier alpha value is -1.20. The molecule has 0 bridgehead atoms. The number of hydrogen-bond acceptors (Lipinski definition) is 4. The molecule has 2 N–H and O–H groups in total. The summed E-state index contributed by atoms with van der Waals surface area (Å²) in [5.74, 6) is 0.690. The second kappa shape index (κ2) is 6.11. The molecule has 0 amide bonds. The van der Waals surface area contributed by atoms with E-state index in [0.717, 1.165) is 25.4 Å². The average molecular weight is 265 g/mol. The fraction of sp³-hybridized carbons (Fsp3) is 0.538. The summed E-state index contributed by atoms with van der Waals surface area (Å²) in [6, 6.07) is 3.93. The summed E-state index contributed by atoms with van der Waals surface area (Å²) < 4.78 is 5.21. The van der Waals surface area contributed by atoms with Gasteiger partial charge in [-0.3, -0.25) is 4.98 Å². The Balaban J connectivity index is 1.95. The monoisotopic (exact) mass is 265 g/mol. The number of pyridine rings is 1. The van der Waals surface area contributed by atoms with Crippen molar-refractivity contribution in [2.24, 2.45) is 11.7 Å². The third kappa shape index (κ3) is 3.17. The van der Waals surface area contributed by atoms with Crippen LogP contribution in [0.5, 0.6) is 0 Å². The molecule has 1 aromatic rings. The minimum Gasteiger partial charge on any atom is -0.388 e. The van der Waals surface area contributed by atoms with Crippen molar-refractivity contribution in [3.63, 3.8) is 0 Å². The van der Waals surface area contributed by atoms with Crippen LogP contribution in [0, 0.1) is 5.92 Å². The number of anilines is 1. The number of hydrogen-bond donors (Lipinski definition) is 1. The van der Waals surface area contributed by atoms with Gasteiger partial charge in [-0.25, -0.2) is 0 Å². The molecule has 2 heterocycles. The molecule has 0 aliphatic carbocycles. The number of methoxy groups -OCH3 is 1. The molecule has 0 spiro atoms. The molecular formula is C13H19N3OS. The number of thiocarbonyl (C=S) groups is 1. The molecule has 0 unspecified atom stereocenters. The number of nitrogens with two attached hydrogens (primary N) is 1. The second-order valence-corrected chi connectivity index (χ2v) is 5.09. The molecule has 98 valence electrons. The average Bonchev–Trinajstić information content (AvgIpc) is 2.40. The van der Waals surface area contributed by atoms with Gasteiger partial charge in [0, 0.05) is 26.8 Å². The Morgan fingerprint density at radius 3 is 2.72 bits per heavy atom. The Bertz CT molecular complexity index is 399. The first-order valence-electron chi connectivity index (χ1n) is 6.20. The first kappa shape index (κ1) is 13.2. The molecule has 0 atom stereocenters. The lowest BCUT2D eigenvalue weighted by atomic mass is 9.97. The highest BCUT2D eigenvalue weighted by Gasteiger charge is 2.19. The predicted molar refractivity (Wildman–Crippen MR) is 76.9 cm³/mol. The maximum Gasteiger partial charge on any atom is 0.122 e. The molecule has 5 heteroatoms. The van der Waals surface area contributed by atoms with Gasteiger partial charge in [0.2, 0.25) is 0 Å². The lowest BCUT2D eigenvalue weighted by Crippen LogP contribution is -2.35. The van der Waals surface area contributed by atoms with Crippen LogP contribution >= 0.6 is 12.2 Å². The standard InChI is InChI=1S/C13H19N3OS/c1-17-9-10-4-6-16(7-5-10)11-2-3-12(13(14)18)15-8-11/h2-3,8,10H,4-7,9H2,1H3,(H2,14,18). The summed E-state index contributed by atoms with van der Waals surface area (Å²) in [5, 5.41) is 0. The van der Waals surface area contributed by atoms with Crippen molar-refractivity contribution in [2.45, 2.75) is 12.8 Å². The van der Waals surface area contributed by atoms with Gasteiger partial charge >= 0.3 is 0 Å². The zero-order valence-corrected chi connectivity index (χ0v) is 11.4. The third-order valence-electron chi connectivity index (χ3n) is 3.38. The van der Waals surface area contributed by atoms with Crippen molar-refractivity contribution < 1.29 is 4.74 Å². The summed E-state index contributed by atoms with van der Waals surface area (Å²) in [4.78, 5) is 6.97. The van der Waals surface area contributed by atoms with Gasteiger partial charge in [-0.15, -0.1) is 0 Å². The molecule has 1 aliphatic heterocycles. The van der Waals surface area contributed by atoms with E-state index >= 15 is 0 Å². The Labute approximate surface area is 113 Å². The molecule has 1 fully saturated rings. The van der Waals surface area contributed by atoms with Crippen LogP contribution in [0.2, 0.25) is 0 Å². The number of rotatable bonds is 4. The van der Waals surface area contributed by atoms with Crippen LogP contribution in [0.4, 0.5) is 5.69 Å². The van der Waals surface area contributed by atoms with Gasteiger partial charge in [-0.05, 0) is 30.9 Å². The quantitative estimate of drug-likeness (QED) is 0.838. The first-order valence-corrected chi connectivity index (χ1v) is 6.61. The van der Waals surface area contributed by atoms with Crippen molar-refractivity contribution in [2.75, 3.05) is 31.7 Å². The fourth-order valence-electron chi connectivity index (χ4n) is 2.31. The minimum absolute atomic E-state index is 0.348. The van der Waals surface area contributed by atoms with E-state index in [1.54, 1.807) is 7.11 Å². The van der Waals surface area contributed by atoms with Gasteiger partial charge in [0.15, 0.2) is 0 Å². The maximum atomic E-state index is 5.54. The van der Waals surface area contributed by atoms with Crippen molar-refractivity contribution in [3.8, 4) is 0 Å². The summed E-state index contributed by atoms with van der Waals surface area (Å²) >= 11 is 4.89. The van der Waals surface area contributed by atoms with Crippen LogP contribution in [0.1, 0.15) is 18.5 Å². The van der Waals surface area contributed by atoms with Crippen LogP contribution in [0.3, 0.4) is 0 Å². The fourth-order valence-corrected chi connectivity index (χ4v) is 2.43.